The summed E-state index contributed by atoms with van der Waals surface area (Å²) in [5, 5.41) is 16.4. The number of hydrogen-bond donors (Lipinski definition) is 2. The van der Waals surface area contributed by atoms with Crippen molar-refractivity contribution < 1.29 is 9.90 Å². The number of nitrogens with one attached hydrogen (secondary N) is 2. The van der Waals surface area contributed by atoms with E-state index in [1.165, 1.54) is 18.2 Å². The van der Waals surface area contributed by atoms with Crippen LogP contribution in [0.4, 0.5) is 5.69 Å². The Morgan fingerprint density at radius 3 is 2.91 bits per heavy atom. The third-order valence-corrected chi connectivity index (χ3v) is 3.54. The summed E-state index contributed by atoms with van der Waals surface area (Å²) in [4.78, 5) is 14.0. The van der Waals surface area contributed by atoms with E-state index >= 15 is 0 Å². The van der Waals surface area contributed by atoms with Crippen molar-refractivity contribution in [1.29, 1.82) is 0 Å². The quantitative estimate of drug-likeness (QED) is 0.574. The van der Waals surface area contributed by atoms with Crippen LogP contribution in [-0.4, -0.2) is 17.2 Å². The number of halogens is 1. The zero-order valence-corrected chi connectivity index (χ0v) is 12.1. The molecule has 2 aromatic carbocycles. The van der Waals surface area contributed by atoms with Gasteiger partial charge in [0.05, 0.1) is 22.9 Å². The minimum absolute atomic E-state index is 0.0363. The third kappa shape index (κ3) is 2.80. The van der Waals surface area contributed by atoms with Gasteiger partial charge in [0.15, 0.2) is 0 Å². The first-order valence-corrected chi connectivity index (χ1v) is 6.89. The number of H-pyrrole nitrogens is 1. The summed E-state index contributed by atoms with van der Waals surface area (Å²) in [5.41, 5.74) is 5.11. The molecule has 0 amide bonds. The average Bonchev–Trinajstić information content (AvgIpc) is 2.92. The highest BCUT2D eigenvalue weighted by Crippen LogP contribution is 2.23. The zero-order chi connectivity index (χ0) is 15.5. The van der Waals surface area contributed by atoms with Gasteiger partial charge in [-0.3, -0.25) is 5.43 Å². The van der Waals surface area contributed by atoms with Crippen molar-refractivity contribution in [3.05, 3.63) is 64.8 Å². The number of hydrogen-bond acceptors (Lipinski definition) is 4. The minimum atomic E-state index is -1.26. The number of carboxylic acid groups (broad SMARTS) is 1. The Morgan fingerprint density at radius 1 is 1.27 bits per heavy atom. The zero-order valence-electron chi connectivity index (χ0n) is 11.3. The standard InChI is InChI=1S/C16H12ClN3O2/c17-13-6-5-10(16(21)22)7-15(13)20-19-9-11-8-18-14-4-2-1-3-12(11)14/h1-9,18,20H,(H,21,22)/p-1/b19-9+. The highest BCUT2D eigenvalue weighted by atomic mass is 35.5. The molecular formula is C16H11ClN3O2-. The van der Waals surface area contributed by atoms with E-state index in [4.69, 9.17) is 11.6 Å². The number of aromatic carboxylic acids is 1. The molecule has 0 unspecified atom stereocenters. The van der Waals surface area contributed by atoms with Crippen molar-refractivity contribution in [1.82, 2.24) is 4.98 Å². The number of carbonyl (C=O) groups excluding carboxylic acids is 1. The number of hydrazone groups is 1. The molecule has 3 aromatic rings. The van der Waals surface area contributed by atoms with Gasteiger partial charge in [-0.25, -0.2) is 0 Å². The van der Waals surface area contributed by atoms with Gasteiger partial charge in [0, 0.05) is 22.7 Å². The molecule has 0 bridgehead atoms. The van der Waals surface area contributed by atoms with Crippen LogP contribution in [0, 0.1) is 0 Å². The molecule has 0 aliphatic heterocycles. The Labute approximate surface area is 131 Å². The van der Waals surface area contributed by atoms with Gasteiger partial charge in [-0.05, 0) is 23.8 Å². The minimum Gasteiger partial charge on any atom is -0.545 e. The highest BCUT2D eigenvalue weighted by molar-refractivity contribution is 6.33. The summed E-state index contributed by atoms with van der Waals surface area (Å²) in [6.45, 7) is 0. The molecular weight excluding hydrogens is 302 g/mol. The smallest absolute Gasteiger partial charge is 0.0754 e. The van der Waals surface area contributed by atoms with Crippen LogP contribution >= 0.6 is 11.6 Å². The number of fused-ring (bicyclic) bond motifs is 1. The molecule has 110 valence electrons. The maximum atomic E-state index is 10.8. The second-order valence-corrected chi connectivity index (χ2v) is 5.05. The van der Waals surface area contributed by atoms with E-state index in [0.717, 1.165) is 16.5 Å². The van der Waals surface area contributed by atoms with E-state index in [0.29, 0.717) is 10.7 Å². The first kappa shape index (κ1) is 14.2. The lowest BCUT2D eigenvalue weighted by molar-refractivity contribution is -0.255. The second kappa shape index (κ2) is 5.91. The van der Waals surface area contributed by atoms with Crippen molar-refractivity contribution >= 4 is 40.4 Å². The van der Waals surface area contributed by atoms with Crippen LogP contribution in [0.25, 0.3) is 10.9 Å². The van der Waals surface area contributed by atoms with Crippen LogP contribution in [0.5, 0.6) is 0 Å². The van der Waals surface area contributed by atoms with Crippen LogP contribution in [0.15, 0.2) is 53.8 Å². The van der Waals surface area contributed by atoms with Gasteiger partial charge in [0.1, 0.15) is 0 Å². The molecule has 5 nitrogen and oxygen atoms in total. The fourth-order valence-corrected chi connectivity index (χ4v) is 2.27. The molecule has 0 atom stereocenters. The summed E-state index contributed by atoms with van der Waals surface area (Å²) in [6.07, 6.45) is 3.48. The average molecular weight is 313 g/mol. The topological polar surface area (TPSA) is 80.3 Å². The van der Waals surface area contributed by atoms with Gasteiger partial charge in [0.2, 0.25) is 0 Å². The molecule has 0 aliphatic rings. The number of aromatic amines is 1. The van der Waals surface area contributed by atoms with Gasteiger partial charge in [-0.1, -0.05) is 35.9 Å². The largest absolute Gasteiger partial charge is 0.545 e. The molecule has 1 aromatic heterocycles. The molecule has 2 N–H and O–H groups in total. The fraction of sp³-hybridized carbons (Fsp3) is 0. The summed E-state index contributed by atoms with van der Waals surface area (Å²) < 4.78 is 0. The third-order valence-electron chi connectivity index (χ3n) is 3.21. The molecule has 0 fully saturated rings. The van der Waals surface area contributed by atoms with Crippen molar-refractivity contribution in [3.8, 4) is 0 Å². The van der Waals surface area contributed by atoms with Crippen LogP contribution in [0.2, 0.25) is 5.02 Å². The number of nitrogens with zero attached hydrogens (tertiary/aromatic N) is 1. The van der Waals surface area contributed by atoms with Gasteiger partial charge in [-0.2, -0.15) is 5.10 Å². The monoisotopic (exact) mass is 312 g/mol. The first-order valence-electron chi connectivity index (χ1n) is 6.51. The lowest BCUT2D eigenvalue weighted by Gasteiger charge is -2.07. The summed E-state index contributed by atoms with van der Waals surface area (Å²) in [7, 11) is 0. The number of benzene rings is 2. The molecule has 0 spiro atoms. The second-order valence-electron chi connectivity index (χ2n) is 4.64. The Hall–Kier alpha value is -2.79. The predicted molar refractivity (Wildman–Crippen MR) is 85.3 cm³/mol. The van der Waals surface area contributed by atoms with Gasteiger partial charge in [-0.15, -0.1) is 0 Å². The normalized spacial score (nSPS) is 11.1. The number of carboxylic acids is 1. The van der Waals surface area contributed by atoms with Crippen LogP contribution in [0.1, 0.15) is 15.9 Å². The summed E-state index contributed by atoms with van der Waals surface area (Å²) in [5.74, 6) is -1.26. The molecule has 0 radical (unpaired) electrons. The van der Waals surface area contributed by atoms with E-state index in [9.17, 15) is 9.90 Å². The first-order chi connectivity index (χ1) is 10.6. The predicted octanol–water partition coefficient (Wildman–Crippen LogP) is 2.63. The number of carbonyl (C=O) groups is 1. The van der Waals surface area contributed by atoms with Crippen LogP contribution in [0.3, 0.4) is 0 Å². The van der Waals surface area contributed by atoms with Crippen molar-refractivity contribution in [2.75, 3.05) is 5.43 Å². The van der Waals surface area contributed by atoms with Crippen molar-refractivity contribution in [3.63, 3.8) is 0 Å². The van der Waals surface area contributed by atoms with Crippen LogP contribution in [-0.2, 0) is 0 Å². The van der Waals surface area contributed by atoms with Crippen LogP contribution < -0.4 is 10.5 Å². The van der Waals surface area contributed by atoms with E-state index in [1.807, 2.05) is 30.5 Å². The maximum Gasteiger partial charge on any atom is 0.0754 e. The molecule has 0 saturated carbocycles. The number of anilines is 1. The Morgan fingerprint density at radius 2 is 2.09 bits per heavy atom. The Kier molecular flexibility index (Phi) is 3.80. The van der Waals surface area contributed by atoms with Gasteiger partial charge >= 0.3 is 0 Å². The van der Waals surface area contributed by atoms with E-state index < -0.39 is 5.97 Å². The molecule has 6 heteroatoms. The van der Waals surface area contributed by atoms with E-state index in [1.54, 1.807) is 6.21 Å². The lowest BCUT2D eigenvalue weighted by Crippen LogP contribution is -2.22. The van der Waals surface area contributed by atoms with E-state index in [-0.39, 0.29) is 5.56 Å². The molecule has 0 saturated heterocycles. The number of para-hydroxylation sites is 1. The Bertz CT molecular complexity index is 871. The van der Waals surface area contributed by atoms with Crippen molar-refractivity contribution in [2.45, 2.75) is 0 Å². The fourth-order valence-electron chi connectivity index (χ4n) is 2.11. The molecule has 3 rings (SSSR count). The number of aromatic nitrogens is 1. The SMILES string of the molecule is O=C([O-])c1ccc(Cl)c(N/N=C/c2c[nH]c3ccccc23)c1. The highest BCUT2D eigenvalue weighted by Gasteiger charge is 2.03. The summed E-state index contributed by atoms with van der Waals surface area (Å²) >= 11 is 6.00. The lowest BCUT2D eigenvalue weighted by atomic mass is 10.2. The van der Waals surface area contributed by atoms with Gasteiger partial charge < -0.3 is 14.9 Å². The Balaban J connectivity index is 1.83. The van der Waals surface area contributed by atoms with Crippen molar-refractivity contribution in [2.24, 2.45) is 5.10 Å². The maximum absolute atomic E-state index is 10.8. The number of rotatable bonds is 4. The molecule has 0 aliphatic carbocycles. The van der Waals surface area contributed by atoms with E-state index in [2.05, 4.69) is 15.5 Å². The molecule has 1 heterocycles. The van der Waals surface area contributed by atoms with Gasteiger partial charge in [0.25, 0.3) is 0 Å². The summed E-state index contributed by atoms with van der Waals surface area (Å²) in [6, 6.07) is 12.1. The molecule has 22 heavy (non-hydrogen) atoms.